The maximum absolute atomic E-state index is 11.8. The lowest BCUT2D eigenvalue weighted by Crippen LogP contribution is -2.51. The third kappa shape index (κ3) is 1.69. The summed E-state index contributed by atoms with van der Waals surface area (Å²) < 4.78 is 0. The van der Waals surface area contributed by atoms with Crippen LogP contribution in [0.15, 0.2) is 11.6 Å². The van der Waals surface area contributed by atoms with Crippen molar-refractivity contribution in [2.75, 3.05) is 0 Å². The molecule has 0 aromatic rings. The number of rotatable bonds is 0. The van der Waals surface area contributed by atoms with E-state index in [1.807, 2.05) is 6.08 Å². The topological polar surface area (TPSA) is 37.3 Å². The molecule has 0 spiro atoms. The predicted octanol–water partition coefficient (Wildman–Crippen LogP) is 3.49. The highest BCUT2D eigenvalue weighted by Crippen LogP contribution is 2.65. The van der Waals surface area contributed by atoms with Gasteiger partial charge in [-0.05, 0) is 74.2 Å². The minimum Gasteiger partial charge on any atom is -0.392 e. The first-order valence-electron chi connectivity index (χ1n) is 8.91. The lowest BCUT2D eigenvalue weighted by Gasteiger charge is -2.57. The van der Waals surface area contributed by atoms with Gasteiger partial charge in [0, 0.05) is 6.42 Å². The van der Waals surface area contributed by atoms with E-state index >= 15 is 0 Å². The molecule has 1 N–H and O–H groups in total. The summed E-state index contributed by atoms with van der Waals surface area (Å²) in [4.78, 5) is 11.8. The minimum absolute atomic E-state index is 0.200. The molecule has 22 heavy (non-hydrogen) atoms. The molecular formula is C20H26O2. The van der Waals surface area contributed by atoms with Crippen LogP contribution in [-0.4, -0.2) is 17.0 Å². The fourth-order valence-electron chi connectivity index (χ4n) is 6.48. The number of ketones is 1. The van der Waals surface area contributed by atoms with Gasteiger partial charge in [-0.1, -0.05) is 18.4 Å². The molecule has 0 amide bonds. The molecule has 4 rings (SSSR count). The Morgan fingerprint density at radius 1 is 1.18 bits per heavy atom. The highest BCUT2D eigenvalue weighted by Gasteiger charge is 2.60. The number of allylic oxidation sites excluding steroid dienone is 1. The van der Waals surface area contributed by atoms with E-state index in [9.17, 15) is 9.90 Å². The molecule has 0 bridgehead atoms. The lowest BCUT2D eigenvalue weighted by molar-refractivity contribution is -0.117. The normalized spacial score (nSPS) is 50.4. The summed E-state index contributed by atoms with van der Waals surface area (Å²) in [6, 6.07) is 0. The molecule has 0 aromatic carbocycles. The molecule has 2 nitrogen and oxygen atoms in total. The first-order chi connectivity index (χ1) is 10.5. The molecule has 4 aliphatic rings. The van der Waals surface area contributed by atoms with E-state index in [0.29, 0.717) is 30.0 Å². The summed E-state index contributed by atoms with van der Waals surface area (Å²) in [5.74, 6) is 5.13. The molecule has 0 aliphatic heterocycles. The molecule has 0 saturated heterocycles. The summed E-state index contributed by atoms with van der Waals surface area (Å²) in [6.45, 7) is 2.39. The van der Waals surface area contributed by atoms with Crippen molar-refractivity contribution in [1.82, 2.24) is 0 Å². The summed E-state index contributed by atoms with van der Waals surface area (Å²) in [5, 5.41) is 10.5. The smallest absolute Gasteiger partial charge is 0.155 e. The molecule has 118 valence electrons. The van der Waals surface area contributed by atoms with Gasteiger partial charge < -0.3 is 5.11 Å². The fourth-order valence-corrected chi connectivity index (χ4v) is 6.48. The maximum Gasteiger partial charge on any atom is 0.155 e. The van der Waals surface area contributed by atoms with E-state index < -0.39 is 0 Å². The molecular weight excluding hydrogens is 272 g/mol. The Balaban J connectivity index is 1.71. The highest BCUT2D eigenvalue weighted by atomic mass is 16.3. The number of hydrogen-bond donors (Lipinski definition) is 1. The Morgan fingerprint density at radius 2 is 2.00 bits per heavy atom. The number of carbonyl (C=O) groups is 1. The van der Waals surface area contributed by atoms with Crippen LogP contribution in [0.3, 0.4) is 0 Å². The zero-order chi connectivity index (χ0) is 15.5. The minimum atomic E-state index is -0.305. The van der Waals surface area contributed by atoms with Crippen molar-refractivity contribution in [1.29, 1.82) is 0 Å². The average Bonchev–Trinajstić information content (AvgIpc) is 2.86. The van der Waals surface area contributed by atoms with E-state index in [-0.39, 0.29) is 16.9 Å². The lowest BCUT2D eigenvalue weighted by atomic mass is 9.47. The van der Waals surface area contributed by atoms with Crippen molar-refractivity contribution < 1.29 is 9.90 Å². The highest BCUT2D eigenvalue weighted by molar-refractivity contribution is 5.91. The van der Waals surface area contributed by atoms with Gasteiger partial charge in [-0.2, -0.15) is 0 Å². The zero-order valence-electron chi connectivity index (χ0n) is 13.5. The van der Waals surface area contributed by atoms with Crippen LogP contribution >= 0.6 is 0 Å². The quantitative estimate of drug-likeness (QED) is 0.695. The predicted molar refractivity (Wildman–Crippen MR) is 85.9 cm³/mol. The molecule has 0 radical (unpaired) electrons. The van der Waals surface area contributed by atoms with Gasteiger partial charge in [0.2, 0.25) is 0 Å². The van der Waals surface area contributed by atoms with Gasteiger partial charge in [-0.25, -0.2) is 0 Å². The van der Waals surface area contributed by atoms with Gasteiger partial charge >= 0.3 is 0 Å². The van der Waals surface area contributed by atoms with Crippen molar-refractivity contribution in [3.8, 4) is 12.3 Å². The van der Waals surface area contributed by atoms with Crippen LogP contribution in [-0.2, 0) is 4.79 Å². The standard InChI is InChI=1S/C20H26O2/c1-3-20-11-9-16-15(17(20)6-7-18(20)22)5-4-13-12-14(21)8-10-19(13,16)2/h1,12,15-18,22H,4-11H2,2H3/t15-,16+,17+,18+,19?,20?/m1/s1. The van der Waals surface area contributed by atoms with Crippen LogP contribution in [0.1, 0.15) is 58.3 Å². The number of aliphatic hydroxyl groups is 1. The molecule has 2 heteroatoms. The van der Waals surface area contributed by atoms with Gasteiger partial charge in [0.15, 0.2) is 5.78 Å². The molecule has 0 heterocycles. The fraction of sp³-hybridized carbons (Fsp3) is 0.750. The van der Waals surface area contributed by atoms with E-state index in [0.717, 1.165) is 44.9 Å². The third-order valence-corrected chi connectivity index (χ3v) is 7.70. The van der Waals surface area contributed by atoms with Crippen LogP contribution in [0.2, 0.25) is 0 Å². The van der Waals surface area contributed by atoms with Gasteiger partial charge in [-0.3, -0.25) is 4.79 Å². The largest absolute Gasteiger partial charge is 0.392 e. The Kier molecular flexibility index (Phi) is 3.11. The molecule has 3 fully saturated rings. The number of fused-ring (bicyclic) bond motifs is 5. The molecule has 0 aromatic heterocycles. The molecule has 3 saturated carbocycles. The first-order valence-corrected chi connectivity index (χ1v) is 8.91. The van der Waals surface area contributed by atoms with E-state index in [2.05, 4.69) is 12.8 Å². The van der Waals surface area contributed by atoms with Crippen LogP contribution in [0.4, 0.5) is 0 Å². The Hall–Kier alpha value is -1.07. The Morgan fingerprint density at radius 3 is 2.77 bits per heavy atom. The summed E-state index contributed by atoms with van der Waals surface area (Å²) in [5.41, 5.74) is 1.34. The second-order valence-electron chi connectivity index (χ2n) is 8.29. The van der Waals surface area contributed by atoms with Crippen molar-refractivity contribution in [2.45, 2.75) is 64.4 Å². The SMILES string of the molecule is C#CC12CC[C@H]3[C@@H](CCC4=CC(=O)CCC43C)[C@@H]1CC[C@@H]2O. The number of hydrogen-bond acceptors (Lipinski definition) is 2. The number of terminal acetylenes is 1. The van der Waals surface area contributed by atoms with Crippen LogP contribution < -0.4 is 0 Å². The number of carbonyl (C=O) groups excluding carboxylic acids is 1. The molecule has 6 atom stereocenters. The van der Waals surface area contributed by atoms with Crippen LogP contribution in [0.25, 0.3) is 0 Å². The van der Waals surface area contributed by atoms with Gasteiger partial charge in [-0.15, -0.1) is 6.42 Å². The zero-order valence-corrected chi connectivity index (χ0v) is 13.5. The summed E-state index contributed by atoms with van der Waals surface area (Å²) in [7, 11) is 0. The second kappa shape index (κ2) is 4.71. The van der Waals surface area contributed by atoms with Gasteiger partial charge in [0.25, 0.3) is 0 Å². The molecule has 4 aliphatic carbocycles. The monoisotopic (exact) mass is 298 g/mol. The molecule has 2 unspecified atom stereocenters. The third-order valence-electron chi connectivity index (χ3n) is 7.70. The first kappa shape index (κ1) is 14.5. The van der Waals surface area contributed by atoms with Crippen molar-refractivity contribution in [2.24, 2.45) is 28.6 Å². The average molecular weight is 298 g/mol. The summed E-state index contributed by atoms with van der Waals surface area (Å²) in [6.07, 6.45) is 15.5. The Labute approximate surface area is 133 Å². The van der Waals surface area contributed by atoms with Gasteiger partial charge in [0.05, 0.1) is 11.5 Å². The van der Waals surface area contributed by atoms with E-state index in [1.165, 1.54) is 5.57 Å². The van der Waals surface area contributed by atoms with Crippen LogP contribution in [0.5, 0.6) is 0 Å². The van der Waals surface area contributed by atoms with Crippen molar-refractivity contribution in [3.05, 3.63) is 11.6 Å². The van der Waals surface area contributed by atoms with Crippen molar-refractivity contribution in [3.63, 3.8) is 0 Å². The Bertz CT molecular complexity index is 583. The summed E-state index contributed by atoms with van der Waals surface area (Å²) >= 11 is 0. The van der Waals surface area contributed by atoms with E-state index in [1.54, 1.807) is 0 Å². The maximum atomic E-state index is 11.8. The van der Waals surface area contributed by atoms with E-state index in [4.69, 9.17) is 6.42 Å². The van der Waals surface area contributed by atoms with Crippen LogP contribution in [0, 0.1) is 40.9 Å². The number of aliphatic hydroxyl groups excluding tert-OH is 1. The van der Waals surface area contributed by atoms with Gasteiger partial charge in [0.1, 0.15) is 0 Å². The van der Waals surface area contributed by atoms with Crippen molar-refractivity contribution >= 4 is 5.78 Å². The second-order valence-corrected chi connectivity index (χ2v) is 8.29.